The van der Waals surface area contributed by atoms with Crippen LogP contribution in [-0.2, 0) is 11.3 Å². The van der Waals surface area contributed by atoms with Crippen molar-refractivity contribution in [1.29, 1.82) is 0 Å². The molecule has 0 saturated heterocycles. The number of aryl methyl sites for hydroxylation is 1. The minimum absolute atomic E-state index is 0.562. The third-order valence-electron chi connectivity index (χ3n) is 4.48. The average molecular weight is 265 g/mol. The molecule has 1 N–H and O–H groups in total. The number of imidazole rings is 1. The number of rotatable bonds is 6. The Morgan fingerprint density at radius 2 is 2.26 bits per heavy atom. The maximum atomic E-state index is 5.11. The Kier molecular flexibility index (Phi) is 5.25. The molecule has 1 saturated carbocycles. The normalized spacial score (nSPS) is 27.4. The minimum Gasteiger partial charge on any atom is -0.385 e. The van der Waals surface area contributed by atoms with Gasteiger partial charge in [-0.1, -0.05) is 26.7 Å². The molecule has 3 unspecified atom stereocenters. The SMILES string of the molecule is COCCCn1ccnc1NC1CCCC(C)C1C. The summed E-state index contributed by atoms with van der Waals surface area (Å²) in [4.78, 5) is 4.46. The first kappa shape index (κ1) is 14.4. The second-order valence-electron chi connectivity index (χ2n) is 5.81. The zero-order valence-corrected chi connectivity index (χ0v) is 12.4. The van der Waals surface area contributed by atoms with Gasteiger partial charge < -0.3 is 14.6 Å². The van der Waals surface area contributed by atoms with Crippen molar-refractivity contribution in [3.05, 3.63) is 12.4 Å². The summed E-state index contributed by atoms with van der Waals surface area (Å²) >= 11 is 0. The van der Waals surface area contributed by atoms with E-state index in [-0.39, 0.29) is 0 Å². The summed E-state index contributed by atoms with van der Waals surface area (Å²) in [6, 6.07) is 0.562. The van der Waals surface area contributed by atoms with Crippen molar-refractivity contribution in [2.45, 2.75) is 52.1 Å². The van der Waals surface area contributed by atoms with Gasteiger partial charge in [-0.2, -0.15) is 0 Å². The molecule has 1 aliphatic carbocycles. The van der Waals surface area contributed by atoms with Crippen LogP contribution in [0.3, 0.4) is 0 Å². The van der Waals surface area contributed by atoms with Gasteiger partial charge in [-0.15, -0.1) is 0 Å². The molecule has 108 valence electrons. The third kappa shape index (κ3) is 3.72. The topological polar surface area (TPSA) is 39.1 Å². The molecule has 0 aliphatic heterocycles. The fourth-order valence-corrected chi connectivity index (χ4v) is 2.96. The summed E-state index contributed by atoms with van der Waals surface area (Å²) in [5.74, 6) is 2.54. The molecule has 0 bridgehead atoms. The highest BCUT2D eigenvalue weighted by Gasteiger charge is 2.27. The van der Waals surface area contributed by atoms with Crippen LogP contribution in [0, 0.1) is 11.8 Å². The fraction of sp³-hybridized carbons (Fsp3) is 0.800. The molecule has 0 aromatic carbocycles. The molecule has 4 nitrogen and oxygen atoms in total. The third-order valence-corrected chi connectivity index (χ3v) is 4.48. The van der Waals surface area contributed by atoms with E-state index < -0.39 is 0 Å². The van der Waals surface area contributed by atoms with E-state index in [1.165, 1.54) is 19.3 Å². The summed E-state index contributed by atoms with van der Waals surface area (Å²) in [5.41, 5.74) is 0. The van der Waals surface area contributed by atoms with E-state index in [2.05, 4.69) is 34.9 Å². The Balaban J connectivity index is 1.93. The smallest absolute Gasteiger partial charge is 0.202 e. The molecule has 0 amide bonds. The van der Waals surface area contributed by atoms with Crippen LogP contribution < -0.4 is 5.32 Å². The van der Waals surface area contributed by atoms with Crippen molar-refractivity contribution < 1.29 is 4.74 Å². The van der Waals surface area contributed by atoms with Gasteiger partial charge in [0, 0.05) is 38.7 Å². The van der Waals surface area contributed by atoms with Crippen LogP contribution in [0.4, 0.5) is 5.95 Å². The zero-order valence-electron chi connectivity index (χ0n) is 12.4. The van der Waals surface area contributed by atoms with Crippen LogP contribution >= 0.6 is 0 Å². The monoisotopic (exact) mass is 265 g/mol. The van der Waals surface area contributed by atoms with Crippen molar-refractivity contribution in [3.8, 4) is 0 Å². The van der Waals surface area contributed by atoms with Gasteiger partial charge in [0.15, 0.2) is 0 Å². The number of nitrogens with one attached hydrogen (secondary N) is 1. The van der Waals surface area contributed by atoms with Gasteiger partial charge in [-0.25, -0.2) is 4.98 Å². The highest BCUT2D eigenvalue weighted by molar-refractivity contribution is 5.28. The van der Waals surface area contributed by atoms with E-state index >= 15 is 0 Å². The molecule has 0 radical (unpaired) electrons. The van der Waals surface area contributed by atoms with E-state index in [9.17, 15) is 0 Å². The van der Waals surface area contributed by atoms with E-state index in [1.54, 1.807) is 7.11 Å². The summed E-state index contributed by atoms with van der Waals surface area (Å²) in [6.07, 6.45) is 8.91. The van der Waals surface area contributed by atoms with Gasteiger partial charge in [-0.05, 0) is 24.7 Å². The maximum Gasteiger partial charge on any atom is 0.202 e. The number of methoxy groups -OCH3 is 1. The lowest BCUT2D eigenvalue weighted by atomic mass is 9.78. The van der Waals surface area contributed by atoms with Gasteiger partial charge in [0.2, 0.25) is 5.95 Å². The molecule has 1 fully saturated rings. The van der Waals surface area contributed by atoms with Crippen LogP contribution in [0.15, 0.2) is 12.4 Å². The molecule has 0 spiro atoms. The van der Waals surface area contributed by atoms with Crippen LogP contribution in [0.25, 0.3) is 0 Å². The summed E-state index contributed by atoms with van der Waals surface area (Å²) in [7, 11) is 1.75. The van der Waals surface area contributed by atoms with E-state index in [4.69, 9.17) is 4.74 Å². The van der Waals surface area contributed by atoms with Crippen molar-refractivity contribution >= 4 is 5.95 Å². The first-order valence-electron chi connectivity index (χ1n) is 7.49. The molecular formula is C15H27N3O. The number of anilines is 1. The predicted molar refractivity (Wildman–Crippen MR) is 78.3 cm³/mol. The summed E-state index contributed by atoms with van der Waals surface area (Å²) in [5, 5.41) is 3.65. The first-order valence-corrected chi connectivity index (χ1v) is 7.49. The Labute approximate surface area is 116 Å². The van der Waals surface area contributed by atoms with Crippen molar-refractivity contribution in [3.63, 3.8) is 0 Å². The van der Waals surface area contributed by atoms with Crippen molar-refractivity contribution in [2.75, 3.05) is 19.0 Å². The molecule has 4 heteroatoms. The standard InChI is InChI=1S/C15H27N3O/c1-12-6-4-7-14(13(12)2)17-15-16-8-10-18(15)9-5-11-19-3/h8,10,12-14H,4-7,9,11H2,1-3H3,(H,16,17). The largest absolute Gasteiger partial charge is 0.385 e. The van der Waals surface area contributed by atoms with Gasteiger partial charge in [0.05, 0.1) is 0 Å². The molecule has 19 heavy (non-hydrogen) atoms. The lowest BCUT2D eigenvalue weighted by molar-refractivity contribution is 0.190. The average Bonchev–Trinajstić information content (AvgIpc) is 2.83. The Morgan fingerprint density at radius 3 is 3.05 bits per heavy atom. The second kappa shape index (κ2) is 6.94. The fourth-order valence-electron chi connectivity index (χ4n) is 2.96. The molecule has 1 aliphatic rings. The highest BCUT2D eigenvalue weighted by atomic mass is 16.5. The Bertz CT molecular complexity index is 377. The van der Waals surface area contributed by atoms with E-state index in [0.717, 1.165) is 37.4 Å². The van der Waals surface area contributed by atoms with Crippen LogP contribution in [-0.4, -0.2) is 29.3 Å². The Hall–Kier alpha value is -1.03. The van der Waals surface area contributed by atoms with Gasteiger partial charge in [0.1, 0.15) is 0 Å². The van der Waals surface area contributed by atoms with Gasteiger partial charge >= 0.3 is 0 Å². The van der Waals surface area contributed by atoms with E-state index in [1.807, 2.05) is 6.20 Å². The number of hydrogen-bond donors (Lipinski definition) is 1. The molecule has 2 rings (SSSR count). The first-order chi connectivity index (χ1) is 9.22. The van der Waals surface area contributed by atoms with Crippen LogP contribution in [0.2, 0.25) is 0 Å². The lowest BCUT2D eigenvalue weighted by Crippen LogP contribution is -2.35. The summed E-state index contributed by atoms with van der Waals surface area (Å²) < 4.78 is 7.31. The maximum absolute atomic E-state index is 5.11. The van der Waals surface area contributed by atoms with Crippen LogP contribution in [0.1, 0.15) is 39.5 Å². The van der Waals surface area contributed by atoms with Crippen LogP contribution in [0.5, 0.6) is 0 Å². The molecule has 3 atom stereocenters. The lowest BCUT2D eigenvalue weighted by Gasteiger charge is -2.35. The van der Waals surface area contributed by atoms with Gasteiger partial charge in [-0.3, -0.25) is 0 Å². The second-order valence-corrected chi connectivity index (χ2v) is 5.81. The molecular weight excluding hydrogens is 238 g/mol. The van der Waals surface area contributed by atoms with Crippen molar-refractivity contribution in [1.82, 2.24) is 9.55 Å². The van der Waals surface area contributed by atoms with E-state index in [0.29, 0.717) is 6.04 Å². The quantitative estimate of drug-likeness (QED) is 0.803. The molecule has 1 heterocycles. The van der Waals surface area contributed by atoms with Gasteiger partial charge in [0.25, 0.3) is 0 Å². The van der Waals surface area contributed by atoms with Crippen molar-refractivity contribution in [2.24, 2.45) is 11.8 Å². The number of ether oxygens (including phenoxy) is 1. The number of aromatic nitrogens is 2. The highest BCUT2D eigenvalue weighted by Crippen LogP contribution is 2.31. The summed E-state index contributed by atoms with van der Waals surface area (Å²) in [6.45, 7) is 6.49. The molecule has 1 aromatic rings. The predicted octanol–water partition coefficient (Wildman–Crippen LogP) is 3.16. The minimum atomic E-state index is 0.562. The number of hydrogen-bond acceptors (Lipinski definition) is 3. The zero-order chi connectivity index (χ0) is 13.7. The molecule has 1 aromatic heterocycles. The number of nitrogens with zero attached hydrogens (tertiary/aromatic N) is 2. The Morgan fingerprint density at radius 1 is 1.42 bits per heavy atom.